The summed E-state index contributed by atoms with van der Waals surface area (Å²) in [5, 5.41) is 13.7. The Morgan fingerprint density at radius 1 is 0.861 bits per heavy atom. The van der Waals surface area contributed by atoms with E-state index in [9.17, 15) is 4.79 Å². The highest BCUT2D eigenvalue weighted by Crippen LogP contribution is 2.28. The molecule has 1 aromatic heterocycles. The first kappa shape index (κ1) is 23.6. The lowest BCUT2D eigenvalue weighted by Crippen LogP contribution is -2.47. The van der Waals surface area contributed by atoms with E-state index in [0.29, 0.717) is 12.2 Å². The van der Waals surface area contributed by atoms with E-state index in [-0.39, 0.29) is 5.91 Å². The molecule has 7 heteroatoms. The number of carbonyl (C=O) groups excluding carboxylic acids is 1. The topological polar surface area (TPSA) is 70.6 Å². The summed E-state index contributed by atoms with van der Waals surface area (Å²) in [5.74, 6) is 1.51. The van der Waals surface area contributed by atoms with Crippen molar-refractivity contribution in [1.82, 2.24) is 15.5 Å². The highest BCUT2D eigenvalue weighted by molar-refractivity contribution is 6.07. The highest BCUT2D eigenvalue weighted by Gasteiger charge is 2.23. The number of rotatable bonds is 8. The molecule has 0 aliphatic carbocycles. The normalized spacial score (nSPS) is 13.6. The van der Waals surface area contributed by atoms with E-state index < -0.39 is 0 Å². The van der Waals surface area contributed by atoms with Crippen LogP contribution in [-0.2, 0) is 6.42 Å². The summed E-state index contributed by atoms with van der Waals surface area (Å²) in [5.41, 5.74) is 2.81. The van der Waals surface area contributed by atoms with Gasteiger partial charge in [0.2, 0.25) is 0 Å². The number of nitrogens with zero attached hydrogens (tertiary/aromatic N) is 4. The van der Waals surface area contributed by atoms with Gasteiger partial charge < -0.3 is 19.9 Å². The van der Waals surface area contributed by atoms with E-state index in [1.54, 1.807) is 7.11 Å². The molecule has 1 saturated heterocycles. The molecule has 1 aliphatic heterocycles. The quantitative estimate of drug-likeness (QED) is 0.378. The summed E-state index contributed by atoms with van der Waals surface area (Å²) in [6.45, 7) is 3.97. The molecule has 0 atom stereocenters. The van der Waals surface area contributed by atoms with Gasteiger partial charge >= 0.3 is 0 Å². The van der Waals surface area contributed by atoms with Gasteiger partial charge in [-0.1, -0.05) is 60.7 Å². The zero-order chi connectivity index (χ0) is 24.7. The van der Waals surface area contributed by atoms with Crippen LogP contribution < -0.4 is 19.9 Å². The first-order valence-electron chi connectivity index (χ1n) is 12.4. The van der Waals surface area contributed by atoms with Gasteiger partial charge in [0, 0.05) is 55.2 Å². The smallest absolute Gasteiger partial charge is 0.272 e. The molecule has 0 bridgehead atoms. The predicted octanol–water partition coefficient (Wildman–Crippen LogP) is 4.33. The van der Waals surface area contributed by atoms with Gasteiger partial charge in [-0.15, -0.1) is 10.2 Å². The fourth-order valence-corrected chi connectivity index (χ4v) is 4.70. The van der Waals surface area contributed by atoms with Crippen molar-refractivity contribution in [2.45, 2.75) is 12.8 Å². The maximum absolute atomic E-state index is 13.0. The summed E-state index contributed by atoms with van der Waals surface area (Å²) in [4.78, 5) is 17.6. The first-order chi connectivity index (χ1) is 17.7. The fourth-order valence-electron chi connectivity index (χ4n) is 4.70. The number of piperazine rings is 1. The summed E-state index contributed by atoms with van der Waals surface area (Å²) in [6.07, 6.45) is 1.80. The Morgan fingerprint density at radius 3 is 2.36 bits per heavy atom. The second-order valence-electron chi connectivity index (χ2n) is 8.94. The number of anilines is 2. The van der Waals surface area contributed by atoms with Gasteiger partial charge in [-0.05, 0) is 30.5 Å². The number of ether oxygens (including phenoxy) is 1. The van der Waals surface area contributed by atoms with Crippen molar-refractivity contribution >= 4 is 28.2 Å². The zero-order valence-corrected chi connectivity index (χ0v) is 20.6. The van der Waals surface area contributed by atoms with Gasteiger partial charge in [-0.3, -0.25) is 4.79 Å². The second kappa shape index (κ2) is 11.1. The van der Waals surface area contributed by atoms with Crippen molar-refractivity contribution in [1.29, 1.82) is 0 Å². The van der Waals surface area contributed by atoms with Crippen LogP contribution >= 0.6 is 0 Å². The Hall–Kier alpha value is -4.13. The average Bonchev–Trinajstić information content (AvgIpc) is 2.95. The molecular formula is C29H31N5O2. The number of carbonyl (C=O) groups is 1. The SMILES string of the molecule is COc1cccc(N2CCN(c3nnc(C(=O)NCCCc4ccccc4)c4ccccc34)CC2)c1. The molecule has 1 aliphatic rings. The Morgan fingerprint density at radius 2 is 1.58 bits per heavy atom. The van der Waals surface area contributed by atoms with E-state index >= 15 is 0 Å². The minimum absolute atomic E-state index is 0.179. The number of aryl methyl sites for hydroxylation is 1. The lowest BCUT2D eigenvalue weighted by Gasteiger charge is -2.37. The second-order valence-corrected chi connectivity index (χ2v) is 8.94. The van der Waals surface area contributed by atoms with Crippen LogP contribution in [0, 0.1) is 0 Å². The molecule has 5 rings (SSSR count). The van der Waals surface area contributed by atoms with Crippen LogP contribution in [0.2, 0.25) is 0 Å². The highest BCUT2D eigenvalue weighted by atomic mass is 16.5. The Bertz CT molecular complexity index is 1320. The van der Waals surface area contributed by atoms with Gasteiger partial charge in [0.05, 0.1) is 7.11 Å². The molecule has 0 saturated carbocycles. The van der Waals surface area contributed by atoms with E-state index in [1.807, 2.05) is 54.6 Å². The molecule has 36 heavy (non-hydrogen) atoms. The maximum Gasteiger partial charge on any atom is 0.272 e. The average molecular weight is 482 g/mol. The fraction of sp³-hybridized carbons (Fsp3) is 0.276. The third kappa shape index (κ3) is 5.25. The van der Waals surface area contributed by atoms with Gasteiger partial charge in [-0.25, -0.2) is 0 Å². The Kier molecular flexibility index (Phi) is 7.26. The van der Waals surface area contributed by atoms with Crippen LogP contribution in [0.15, 0.2) is 78.9 Å². The molecule has 0 radical (unpaired) electrons. The van der Waals surface area contributed by atoms with Crippen molar-refractivity contribution in [2.24, 2.45) is 0 Å². The zero-order valence-electron chi connectivity index (χ0n) is 20.6. The van der Waals surface area contributed by atoms with Crippen molar-refractivity contribution in [3.8, 4) is 5.75 Å². The number of hydrogen-bond donors (Lipinski definition) is 1. The molecule has 0 spiro atoms. The van der Waals surface area contributed by atoms with Crippen LogP contribution in [-0.4, -0.2) is 55.9 Å². The van der Waals surface area contributed by atoms with Crippen molar-refractivity contribution in [3.05, 3.63) is 90.1 Å². The van der Waals surface area contributed by atoms with E-state index in [0.717, 1.165) is 67.0 Å². The molecular weight excluding hydrogens is 450 g/mol. The van der Waals surface area contributed by atoms with Crippen LogP contribution in [0.4, 0.5) is 11.5 Å². The van der Waals surface area contributed by atoms with Crippen molar-refractivity contribution in [3.63, 3.8) is 0 Å². The minimum Gasteiger partial charge on any atom is -0.497 e. The van der Waals surface area contributed by atoms with E-state index in [2.05, 4.69) is 49.6 Å². The third-order valence-electron chi connectivity index (χ3n) is 6.65. The van der Waals surface area contributed by atoms with Crippen LogP contribution in [0.3, 0.4) is 0 Å². The molecule has 3 aromatic carbocycles. The number of benzene rings is 3. The predicted molar refractivity (Wildman–Crippen MR) is 144 cm³/mol. The number of amides is 1. The molecule has 7 nitrogen and oxygen atoms in total. The summed E-state index contributed by atoms with van der Waals surface area (Å²) < 4.78 is 5.38. The van der Waals surface area contributed by atoms with E-state index in [1.165, 1.54) is 5.56 Å². The standard InChI is InChI=1S/C29H31N5O2/c1-36-24-13-7-12-23(21-24)33-17-19-34(20-18-33)28-26-15-6-5-14-25(26)27(31-32-28)29(35)30-16-8-11-22-9-3-2-4-10-22/h2-7,9-10,12-15,21H,8,11,16-20H2,1H3,(H,30,35). The molecule has 0 unspecified atom stereocenters. The van der Waals surface area contributed by atoms with Gasteiger partial charge in [0.15, 0.2) is 11.5 Å². The lowest BCUT2D eigenvalue weighted by molar-refractivity contribution is 0.0949. The van der Waals surface area contributed by atoms with Gasteiger partial charge in [0.1, 0.15) is 5.75 Å². The third-order valence-corrected chi connectivity index (χ3v) is 6.65. The van der Waals surface area contributed by atoms with Gasteiger partial charge in [0.25, 0.3) is 5.91 Å². The first-order valence-corrected chi connectivity index (χ1v) is 12.4. The molecule has 1 fully saturated rings. The molecule has 1 amide bonds. The summed E-state index contributed by atoms with van der Waals surface area (Å²) in [6, 6.07) is 26.4. The van der Waals surface area contributed by atoms with Crippen molar-refractivity contribution in [2.75, 3.05) is 49.6 Å². The number of methoxy groups -OCH3 is 1. The Labute approximate surface area is 211 Å². The number of nitrogens with one attached hydrogen (secondary N) is 1. The molecule has 2 heterocycles. The van der Waals surface area contributed by atoms with Gasteiger partial charge in [-0.2, -0.15) is 0 Å². The van der Waals surface area contributed by atoms with Crippen LogP contribution in [0.25, 0.3) is 10.8 Å². The molecule has 184 valence electrons. The molecule has 1 N–H and O–H groups in total. The minimum atomic E-state index is -0.179. The summed E-state index contributed by atoms with van der Waals surface area (Å²) >= 11 is 0. The van der Waals surface area contributed by atoms with E-state index in [4.69, 9.17) is 4.74 Å². The lowest BCUT2D eigenvalue weighted by atomic mass is 10.1. The van der Waals surface area contributed by atoms with Crippen molar-refractivity contribution < 1.29 is 9.53 Å². The number of fused-ring (bicyclic) bond motifs is 1. The summed E-state index contributed by atoms with van der Waals surface area (Å²) in [7, 11) is 1.69. The Balaban J connectivity index is 1.25. The number of aromatic nitrogens is 2. The monoisotopic (exact) mass is 481 g/mol. The largest absolute Gasteiger partial charge is 0.497 e. The van der Waals surface area contributed by atoms with Crippen LogP contribution in [0.5, 0.6) is 5.75 Å². The van der Waals surface area contributed by atoms with Crippen LogP contribution in [0.1, 0.15) is 22.5 Å². The maximum atomic E-state index is 13.0. The number of hydrogen-bond acceptors (Lipinski definition) is 6. The molecule has 4 aromatic rings.